The minimum absolute atomic E-state index is 0.00343. The molecule has 0 bridgehead atoms. The predicted molar refractivity (Wildman–Crippen MR) is 128 cm³/mol. The molecule has 0 saturated heterocycles. The zero-order chi connectivity index (χ0) is 23.3. The molecule has 3 heteroatoms. The summed E-state index contributed by atoms with van der Waals surface area (Å²) < 4.78 is 5.68. The third kappa shape index (κ3) is 2.50. The van der Waals surface area contributed by atoms with Gasteiger partial charge >= 0.3 is 0 Å². The number of Topliss-reactive ketones (excluding diaryl/α,β-unsaturated/α-hetero) is 1. The first kappa shape index (κ1) is 22.9. The van der Waals surface area contributed by atoms with E-state index in [0.717, 1.165) is 12.3 Å². The van der Waals surface area contributed by atoms with Gasteiger partial charge in [-0.15, -0.1) is 0 Å². The Morgan fingerprint density at radius 1 is 0.938 bits per heavy atom. The minimum Gasteiger partial charge on any atom is -0.493 e. The smallest absolute Gasteiger partial charge is 0.202 e. The number of methoxy groups -OCH3 is 1. The van der Waals surface area contributed by atoms with Crippen LogP contribution >= 0.6 is 0 Å². The summed E-state index contributed by atoms with van der Waals surface area (Å²) in [7, 11) is 1.67. The Labute approximate surface area is 195 Å². The lowest BCUT2D eigenvalue weighted by atomic mass is 9.33. The van der Waals surface area contributed by atoms with E-state index in [-0.39, 0.29) is 27.4 Å². The van der Waals surface area contributed by atoms with Gasteiger partial charge in [0.25, 0.3) is 0 Å². The number of aliphatic hydroxyl groups is 1. The topological polar surface area (TPSA) is 46.5 Å². The van der Waals surface area contributed by atoms with Gasteiger partial charge in [-0.3, -0.25) is 4.79 Å². The minimum atomic E-state index is -0.369. The number of rotatable bonds is 2. The molecule has 5 rings (SSSR count). The number of hydrogen-bond acceptors (Lipinski definition) is 3. The summed E-state index contributed by atoms with van der Waals surface area (Å²) in [5.74, 6) is 3.85. The maximum atomic E-state index is 13.2. The fourth-order valence-electron chi connectivity index (χ4n) is 11.0. The lowest BCUT2D eigenvalue weighted by Gasteiger charge is -2.71. The summed E-state index contributed by atoms with van der Waals surface area (Å²) >= 11 is 0. The van der Waals surface area contributed by atoms with E-state index in [4.69, 9.17) is 4.74 Å². The normalized spacial score (nSPS) is 54.1. The fraction of sp³-hybridized carbons (Fsp3) is 0.897. The van der Waals surface area contributed by atoms with Crippen molar-refractivity contribution in [3.63, 3.8) is 0 Å². The number of ether oxygens (including phenoxy) is 1. The van der Waals surface area contributed by atoms with Crippen LogP contribution < -0.4 is 0 Å². The second-order valence-corrected chi connectivity index (χ2v) is 13.9. The molecule has 0 aliphatic heterocycles. The number of carbonyl (C=O) groups is 1. The average Bonchev–Trinajstić information content (AvgIpc) is 3.08. The summed E-state index contributed by atoms with van der Waals surface area (Å²) in [5.41, 5.74) is 0.370. The number of hydrogen-bond donors (Lipinski definition) is 1. The molecule has 0 aromatic carbocycles. The van der Waals surface area contributed by atoms with Crippen LogP contribution in [0, 0.1) is 56.7 Å². The monoisotopic (exact) mass is 442 g/mol. The highest BCUT2D eigenvalue weighted by Crippen LogP contribution is 2.76. The fourth-order valence-corrected chi connectivity index (χ4v) is 11.0. The van der Waals surface area contributed by atoms with Gasteiger partial charge in [-0.05, 0) is 109 Å². The Balaban J connectivity index is 1.59. The van der Waals surface area contributed by atoms with Crippen molar-refractivity contribution in [1.82, 2.24) is 0 Å². The van der Waals surface area contributed by atoms with Crippen LogP contribution in [0.2, 0.25) is 0 Å². The Morgan fingerprint density at radius 2 is 1.66 bits per heavy atom. The van der Waals surface area contributed by atoms with Crippen molar-refractivity contribution >= 4 is 5.78 Å². The van der Waals surface area contributed by atoms with Crippen molar-refractivity contribution in [2.24, 2.45) is 56.7 Å². The predicted octanol–water partition coefficient (Wildman–Crippen LogP) is 6.40. The zero-order valence-electron chi connectivity index (χ0n) is 21.6. The summed E-state index contributed by atoms with van der Waals surface area (Å²) in [6.07, 6.45) is 12.1. The van der Waals surface area contributed by atoms with E-state index in [0.29, 0.717) is 41.5 Å². The maximum Gasteiger partial charge on any atom is 0.202 e. The summed E-state index contributed by atoms with van der Waals surface area (Å²) in [4.78, 5) is 13.2. The lowest BCUT2D eigenvalue weighted by Crippen LogP contribution is -2.66. The van der Waals surface area contributed by atoms with Gasteiger partial charge in [0, 0.05) is 12.0 Å². The molecular formula is C29H46O3. The van der Waals surface area contributed by atoms with Gasteiger partial charge in [0.05, 0.1) is 7.11 Å². The first-order valence-corrected chi connectivity index (χ1v) is 13.3. The summed E-state index contributed by atoms with van der Waals surface area (Å²) in [6, 6.07) is 0. The molecule has 0 aromatic heterocycles. The molecule has 0 aromatic rings. The van der Waals surface area contributed by atoms with Gasteiger partial charge in [-0.1, -0.05) is 41.5 Å². The third-order valence-electron chi connectivity index (χ3n) is 12.8. The van der Waals surface area contributed by atoms with Crippen molar-refractivity contribution < 1.29 is 14.6 Å². The van der Waals surface area contributed by atoms with E-state index in [9.17, 15) is 9.90 Å². The zero-order valence-corrected chi connectivity index (χ0v) is 21.6. The lowest BCUT2D eigenvalue weighted by molar-refractivity contribution is -0.223. The van der Waals surface area contributed by atoms with Crippen LogP contribution in [0.3, 0.4) is 0 Å². The van der Waals surface area contributed by atoms with Gasteiger partial charge in [-0.2, -0.15) is 0 Å². The Morgan fingerprint density at radius 3 is 2.31 bits per heavy atom. The molecule has 180 valence electrons. The Kier molecular flexibility index (Phi) is 4.92. The third-order valence-corrected chi connectivity index (χ3v) is 12.8. The van der Waals surface area contributed by atoms with E-state index < -0.39 is 0 Å². The first-order valence-electron chi connectivity index (χ1n) is 13.3. The van der Waals surface area contributed by atoms with Gasteiger partial charge in [-0.25, -0.2) is 0 Å². The number of allylic oxidation sites excluding steroid dienone is 2. The van der Waals surface area contributed by atoms with Crippen LogP contribution in [0.25, 0.3) is 0 Å². The second kappa shape index (κ2) is 6.86. The van der Waals surface area contributed by atoms with E-state index in [1.54, 1.807) is 7.11 Å². The summed E-state index contributed by atoms with van der Waals surface area (Å²) in [5, 5.41) is 10.5. The van der Waals surface area contributed by atoms with Crippen molar-refractivity contribution in [3.05, 3.63) is 11.8 Å². The van der Waals surface area contributed by atoms with E-state index in [2.05, 4.69) is 47.6 Å². The van der Waals surface area contributed by atoms with E-state index >= 15 is 0 Å². The van der Waals surface area contributed by atoms with Crippen LogP contribution in [-0.4, -0.2) is 24.6 Å². The molecule has 3 nitrogen and oxygen atoms in total. The first-order chi connectivity index (χ1) is 14.9. The van der Waals surface area contributed by atoms with Crippen molar-refractivity contribution in [1.29, 1.82) is 0 Å². The van der Waals surface area contributed by atoms with Crippen molar-refractivity contribution in [2.75, 3.05) is 13.7 Å². The standard InChI is InChI=1S/C29H46O3/c1-18-10-13-29(17-30)15-14-27(5)19(23(18)29)8-9-22-26(4)16-20(32-7)24(31)25(2,3)21(26)11-12-28(22,27)6/h16,18-19,21-23,30H,8-15,17H2,1-7H3/t18-,19-,21+,22-,23-,26+,27-,28-,29-/m1/s1. The number of carbonyl (C=O) groups excluding carboxylic acids is 1. The molecular weight excluding hydrogens is 396 g/mol. The van der Waals surface area contributed by atoms with Crippen LogP contribution in [-0.2, 0) is 9.53 Å². The van der Waals surface area contributed by atoms with Crippen LogP contribution in [0.1, 0.15) is 92.9 Å². The molecule has 4 fully saturated rings. The molecule has 1 N–H and O–H groups in total. The van der Waals surface area contributed by atoms with Crippen molar-refractivity contribution in [3.8, 4) is 0 Å². The molecule has 0 heterocycles. The molecule has 5 aliphatic rings. The van der Waals surface area contributed by atoms with E-state index in [1.165, 1.54) is 44.9 Å². The highest BCUT2D eigenvalue weighted by atomic mass is 16.5. The quantitative estimate of drug-likeness (QED) is 0.538. The average molecular weight is 443 g/mol. The number of aliphatic hydroxyl groups excluding tert-OH is 1. The SMILES string of the molecule is COC1=C[C@]2(C)[C@H]3CC[C@@H]4[C@H]5[C@H](C)CC[C@]5(CO)CC[C@@]4(C)[C@]3(C)CC[C@H]2C(C)(C)C1=O. The van der Waals surface area contributed by atoms with Gasteiger partial charge in [0.1, 0.15) is 0 Å². The summed E-state index contributed by atoms with van der Waals surface area (Å²) in [6.45, 7) is 14.9. The molecule has 32 heavy (non-hydrogen) atoms. The molecule has 0 radical (unpaired) electrons. The second-order valence-electron chi connectivity index (χ2n) is 13.9. The van der Waals surface area contributed by atoms with E-state index in [1.807, 2.05) is 0 Å². The molecule has 0 unspecified atom stereocenters. The van der Waals surface area contributed by atoms with Gasteiger partial charge in [0.15, 0.2) is 5.76 Å². The number of fused-ring (bicyclic) bond motifs is 7. The molecule has 9 atom stereocenters. The van der Waals surface area contributed by atoms with Crippen LogP contribution in [0.4, 0.5) is 0 Å². The van der Waals surface area contributed by atoms with Gasteiger partial charge < -0.3 is 9.84 Å². The Hall–Kier alpha value is -0.830. The molecule has 4 saturated carbocycles. The van der Waals surface area contributed by atoms with Crippen LogP contribution in [0.15, 0.2) is 11.8 Å². The van der Waals surface area contributed by atoms with Crippen LogP contribution in [0.5, 0.6) is 0 Å². The molecule has 0 amide bonds. The maximum absolute atomic E-state index is 13.2. The highest BCUT2D eigenvalue weighted by molar-refractivity contribution is 5.99. The molecule has 0 spiro atoms. The van der Waals surface area contributed by atoms with Gasteiger partial charge in [0.2, 0.25) is 5.78 Å². The largest absolute Gasteiger partial charge is 0.493 e. The molecule has 5 aliphatic carbocycles. The highest BCUT2D eigenvalue weighted by Gasteiger charge is 2.70. The number of ketones is 1. The Bertz CT molecular complexity index is 843. The van der Waals surface area contributed by atoms with Crippen molar-refractivity contribution in [2.45, 2.75) is 92.9 Å².